The topological polar surface area (TPSA) is 70.2 Å². The summed E-state index contributed by atoms with van der Waals surface area (Å²) < 4.78 is 0. The SMILES string of the molecule is CC(C)NC(=O)Nc1ccc(NC(=O)C(C)(C)c2ccccc2)cc1. The Bertz CT molecular complexity index is 722. The zero-order valence-corrected chi connectivity index (χ0v) is 15.1. The molecule has 0 radical (unpaired) electrons. The molecule has 0 saturated carbocycles. The number of hydrogen-bond donors (Lipinski definition) is 3. The van der Waals surface area contributed by atoms with Crippen LogP contribution in [-0.4, -0.2) is 18.0 Å². The quantitative estimate of drug-likeness (QED) is 0.766. The first-order chi connectivity index (χ1) is 11.8. The molecule has 0 aliphatic carbocycles. The number of hydrogen-bond acceptors (Lipinski definition) is 2. The van der Waals surface area contributed by atoms with E-state index in [1.807, 2.05) is 58.0 Å². The summed E-state index contributed by atoms with van der Waals surface area (Å²) in [5.41, 5.74) is 1.66. The van der Waals surface area contributed by atoms with Gasteiger partial charge in [-0.25, -0.2) is 4.79 Å². The van der Waals surface area contributed by atoms with Crippen molar-refractivity contribution in [2.45, 2.75) is 39.2 Å². The standard InChI is InChI=1S/C20H25N3O2/c1-14(2)21-19(25)23-17-12-10-16(11-13-17)22-18(24)20(3,4)15-8-6-5-7-9-15/h5-14H,1-4H3,(H,22,24)(H2,21,23,25). The number of benzene rings is 2. The molecule has 132 valence electrons. The van der Waals surface area contributed by atoms with Crippen molar-refractivity contribution in [3.05, 3.63) is 60.2 Å². The number of carbonyl (C=O) groups excluding carboxylic acids is 2. The minimum Gasteiger partial charge on any atom is -0.336 e. The number of amides is 3. The van der Waals surface area contributed by atoms with E-state index in [0.29, 0.717) is 11.4 Å². The van der Waals surface area contributed by atoms with Gasteiger partial charge in [-0.2, -0.15) is 0 Å². The van der Waals surface area contributed by atoms with Crippen LogP contribution >= 0.6 is 0 Å². The maximum atomic E-state index is 12.6. The van der Waals surface area contributed by atoms with Gasteiger partial charge in [0.25, 0.3) is 0 Å². The Kier molecular flexibility index (Phi) is 5.80. The van der Waals surface area contributed by atoms with E-state index < -0.39 is 5.41 Å². The van der Waals surface area contributed by atoms with Gasteiger partial charge in [0.15, 0.2) is 0 Å². The molecule has 0 fully saturated rings. The van der Waals surface area contributed by atoms with Crippen molar-refractivity contribution in [3.8, 4) is 0 Å². The smallest absolute Gasteiger partial charge is 0.319 e. The Hall–Kier alpha value is -2.82. The van der Waals surface area contributed by atoms with Crippen LogP contribution in [0, 0.1) is 0 Å². The molecule has 0 atom stereocenters. The monoisotopic (exact) mass is 339 g/mol. The molecule has 2 rings (SSSR count). The van der Waals surface area contributed by atoms with Crippen LogP contribution in [0.25, 0.3) is 0 Å². The predicted octanol–water partition coefficient (Wildman–Crippen LogP) is 4.13. The maximum Gasteiger partial charge on any atom is 0.319 e. The fourth-order valence-electron chi connectivity index (χ4n) is 2.34. The second kappa shape index (κ2) is 7.83. The van der Waals surface area contributed by atoms with E-state index in [0.717, 1.165) is 5.56 Å². The van der Waals surface area contributed by atoms with Crippen LogP contribution in [0.5, 0.6) is 0 Å². The van der Waals surface area contributed by atoms with E-state index in [9.17, 15) is 9.59 Å². The molecule has 0 heterocycles. The lowest BCUT2D eigenvalue weighted by Gasteiger charge is -2.24. The third kappa shape index (κ3) is 5.08. The lowest BCUT2D eigenvalue weighted by Crippen LogP contribution is -2.34. The summed E-state index contributed by atoms with van der Waals surface area (Å²) in [7, 11) is 0. The van der Waals surface area contributed by atoms with E-state index in [2.05, 4.69) is 16.0 Å². The Labute approximate surface area is 148 Å². The van der Waals surface area contributed by atoms with Gasteiger partial charge in [0.1, 0.15) is 0 Å². The van der Waals surface area contributed by atoms with E-state index in [1.165, 1.54) is 0 Å². The van der Waals surface area contributed by atoms with Gasteiger partial charge in [-0.15, -0.1) is 0 Å². The Morgan fingerprint density at radius 1 is 0.840 bits per heavy atom. The summed E-state index contributed by atoms with van der Waals surface area (Å²) in [6, 6.07) is 16.5. The van der Waals surface area contributed by atoms with Crippen LogP contribution in [-0.2, 0) is 10.2 Å². The molecule has 2 aromatic rings. The number of urea groups is 1. The van der Waals surface area contributed by atoms with Gasteiger partial charge in [-0.05, 0) is 57.5 Å². The van der Waals surface area contributed by atoms with Crippen molar-refractivity contribution in [1.82, 2.24) is 5.32 Å². The highest BCUT2D eigenvalue weighted by Crippen LogP contribution is 2.25. The van der Waals surface area contributed by atoms with E-state index in [4.69, 9.17) is 0 Å². The molecule has 0 aliphatic rings. The molecule has 5 nitrogen and oxygen atoms in total. The van der Waals surface area contributed by atoms with E-state index in [1.54, 1.807) is 24.3 Å². The largest absolute Gasteiger partial charge is 0.336 e. The second-order valence-corrected chi connectivity index (χ2v) is 6.78. The Morgan fingerprint density at radius 3 is 1.88 bits per heavy atom. The first-order valence-electron chi connectivity index (χ1n) is 8.33. The molecule has 2 aromatic carbocycles. The molecule has 0 aromatic heterocycles. The van der Waals surface area contributed by atoms with E-state index >= 15 is 0 Å². The molecule has 0 bridgehead atoms. The lowest BCUT2D eigenvalue weighted by molar-refractivity contribution is -0.120. The lowest BCUT2D eigenvalue weighted by atomic mass is 9.83. The molecular weight excluding hydrogens is 314 g/mol. The summed E-state index contributed by atoms with van der Waals surface area (Å²) in [6.07, 6.45) is 0. The normalized spacial score (nSPS) is 11.1. The van der Waals surface area contributed by atoms with Crippen molar-refractivity contribution < 1.29 is 9.59 Å². The van der Waals surface area contributed by atoms with Crippen LogP contribution in [0.15, 0.2) is 54.6 Å². The molecule has 0 aliphatic heterocycles. The fraction of sp³-hybridized carbons (Fsp3) is 0.300. The summed E-state index contributed by atoms with van der Waals surface area (Å²) in [4.78, 5) is 24.3. The van der Waals surface area contributed by atoms with Crippen molar-refractivity contribution in [2.24, 2.45) is 0 Å². The Morgan fingerprint density at radius 2 is 1.36 bits per heavy atom. The number of nitrogens with one attached hydrogen (secondary N) is 3. The second-order valence-electron chi connectivity index (χ2n) is 6.78. The van der Waals surface area contributed by atoms with Gasteiger partial charge < -0.3 is 16.0 Å². The van der Waals surface area contributed by atoms with Crippen molar-refractivity contribution in [2.75, 3.05) is 10.6 Å². The molecule has 0 saturated heterocycles. The molecule has 0 unspecified atom stereocenters. The molecule has 5 heteroatoms. The van der Waals surface area contributed by atoms with Gasteiger partial charge in [0.2, 0.25) is 5.91 Å². The van der Waals surface area contributed by atoms with Crippen molar-refractivity contribution in [3.63, 3.8) is 0 Å². The van der Waals surface area contributed by atoms with Crippen LogP contribution in [0.4, 0.5) is 16.2 Å². The first-order valence-corrected chi connectivity index (χ1v) is 8.33. The summed E-state index contributed by atoms with van der Waals surface area (Å²) in [6.45, 7) is 7.58. The van der Waals surface area contributed by atoms with Gasteiger partial charge >= 0.3 is 6.03 Å². The Balaban J connectivity index is 2.01. The minimum atomic E-state index is -0.644. The average Bonchev–Trinajstić information content (AvgIpc) is 2.56. The highest BCUT2D eigenvalue weighted by molar-refractivity contribution is 5.99. The van der Waals surface area contributed by atoms with Crippen LogP contribution in [0.2, 0.25) is 0 Å². The third-order valence-corrected chi connectivity index (χ3v) is 3.88. The third-order valence-electron chi connectivity index (χ3n) is 3.88. The molecule has 3 N–H and O–H groups in total. The number of anilines is 2. The molecule has 25 heavy (non-hydrogen) atoms. The molecular formula is C20H25N3O2. The minimum absolute atomic E-state index is 0.0683. The zero-order valence-electron chi connectivity index (χ0n) is 15.1. The van der Waals surface area contributed by atoms with Gasteiger partial charge in [0, 0.05) is 17.4 Å². The zero-order chi connectivity index (χ0) is 18.4. The highest BCUT2D eigenvalue weighted by Gasteiger charge is 2.29. The van der Waals surface area contributed by atoms with Gasteiger partial charge in [0.05, 0.1) is 5.41 Å². The van der Waals surface area contributed by atoms with Gasteiger partial charge in [-0.3, -0.25) is 4.79 Å². The summed E-state index contributed by atoms with van der Waals surface area (Å²) >= 11 is 0. The molecule has 0 spiro atoms. The summed E-state index contributed by atoms with van der Waals surface area (Å²) in [5.74, 6) is -0.0861. The van der Waals surface area contributed by atoms with Crippen LogP contribution in [0.1, 0.15) is 33.3 Å². The van der Waals surface area contributed by atoms with Crippen LogP contribution in [0.3, 0.4) is 0 Å². The maximum absolute atomic E-state index is 12.6. The number of rotatable bonds is 5. The van der Waals surface area contributed by atoms with Crippen molar-refractivity contribution >= 4 is 23.3 Å². The fourth-order valence-corrected chi connectivity index (χ4v) is 2.34. The average molecular weight is 339 g/mol. The first kappa shape index (κ1) is 18.5. The predicted molar refractivity (Wildman–Crippen MR) is 102 cm³/mol. The van der Waals surface area contributed by atoms with Gasteiger partial charge in [-0.1, -0.05) is 30.3 Å². The van der Waals surface area contributed by atoms with Crippen molar-refractivity contribution in [1.29, 1.82) is 0 Å². The highest BCUT2D eigenvalue weighted by atomic mass is 16.2. The summed E-state index contributed by atoms with van der Waals surface area (Å²) in [5, 5.41) is 8.43. The van der Waals surface area contributed by atoms with Crippen LogP contribution < -0.4 is 16.0 Å². The number of carbonyl (C=O) groups is 2. The van der Waals surface area contributed by atoms with E-state index in [-0.39, 0.29) is 18.0 Å². The molecule has 3 amide bonds.